The van der Waals surface area contributed by atoms with Crippen molar-refractivity contribution in [3.63, 3.8) is 0 Å². The fourth-order valence-electron chi connectivity index (χ4n) is 3.03. The van der Waals surface area contributed by atoms with E-state index >= 15 is 0 Å². The number of carbonyl (C=O) groups is 3. The second kappa shape index (κ2) is 8.87. The van der Waals surface area contributed by atoms with E-state index < -0.39 is 23.3 Å². The van der Waals surface area contributed by atoms with Gasteiger partial charge in [-0.2, -0.15) is 0 Å². The Morgan fingerprint density at radius 3 is 2.66 bits per heavy atom. The Kier molecular flexibility index (Phi) is 6.28. The van der Waals surface area contributed by atoms with Gasteiger partial charge in [0, 0.05) is 30.3 Å². The van der Waals surface area contributed by atoms with Crippen LogP contribution < -0.4 is 4.90 Å². The van der Waals surface area contributed by atoms with Gasteiger partial charge in [-0.15, -0.1) is 11.8 Å². The van der Waals surface area contributed by atoms with Gasteiger partial charge in [-0.25, -0.2) is 4.79 Å². The fraction of sp³-hybridized carbons (Fsp3) is 0.250. The molecule has 1 heterocycles. The number of thioether (sulfide) groups is 1. The maximum absolute atomic E-state index is 12.4. The number of esters is 1. The van der Waals surface area contributed by atoms with Crippen molar-refractivity contribution in [3.8, 4) is 0 Å². The minimum atomic E-state index is -0.819. The highest BCUT2D eigenvalue weighted by molar-refractivity contribution is 7.98. The summed E-state index contributed by atoms with van der Waals surface area (Å²) in [7, 11) is 0. The summed E-state index contributed by atoms with van der Waals surface area (Å²) < 4.78 is 5.04. The van der Waals surface area contributed by atoms with Crippen molar-refractivity contribution in [3.05, 3.63) is 63.7 Å². The number of hydrogen-bond acceptors (Lipinski definition) is 7. The number of hydrogen-bond donors (Lipinski definition) is 0. The van der Waals surface area contributed by atoms with Crippen LogP contribution in [0.2, 0.25) is 0 Å². The topological polar surface area (TPSA) is 107 Å². The number of ether oxygens (including phenoxy) is 1. The largest absolute Gasteiger partial charge is 0.454 e. The number of benzene rings is 2. The van der Waals surface area contributed by atoms with E-state index in [1.165, 1.54) is 23.9 Å². The van der Waals surface area contributed by atoms with Crippen LogP contribution in [0.4, 0.5) is 11.4 Å². The van der Waals surface area contributed by atoms with Crippen LogP contribution in [0.3, 0.4) is 0 Å². The summed E-state index contributed by atoms with van der Waals surface area (Å²) in [5, 5.41) is 11.1. The van der Waals surface area contributed by atoms with Gasteiger partial charge in [-0.1, -0.05) is 12.1 Å². The van der Waals surface area contributed by atoms with E-state index in [-0.39, 0.29) is 17.2 Å². The van der Waals surface area contributed by atoms with Crippen LogP contribution in [0.1, 0.15) is 33.6 Å². The summed E-state index contributed by atoms with van der Waals surface area (Å²) >= 11 is 1.20. The number of ketones is 1. The molecule has 0 bridgehead atoms. The first kappa shape index (κ1) is 20.5. The minimum absolute atomic E-state index is 0.00119. The molecule has 2 aromatic carbocycles. The van der Waals surface area contributed by atoms with Crippen molar-refractivity contribution in [2.75, 3.05) is 24.3 Å². The zero-order chi connectivity index (χ0) is 21.0. The van der Waals surface area contributed by atoms with Crippen LogP contribution in [-0.4, -0.2) is 42.0 Å². The van der Waals surface area contributed by atoms with Gasteiger partial charge in [0.05, 0.1) is 15.4 Å². The van der Waals surface area contributed by atoms with Crippen LogP contribution in [-0.2, 0) is 9.53 Å². The number of Topliss-reactive ketones (excluding diaryl/α,β-unsaturated/α-hetero) is 1. The predicted molar refractivity (Wildman–Crippen MR) is 108 cm³/mol. The standard InChI is InChI=1S/C20H18N2O6S/c1-29-18-8-7-14(11-16(18)22(26)27)20(25)28-12-17(23)13-4-2-5-15(10-13)21-9-3-6-19(21)24/h2,4-5,7-8,10-11H,3,6,9,12H2,1H3. The lowest BCUT2D eigenvalue weighted by Crippen LogP contribution is -2.24. The highest BCUT2D eigenvalue weighted by atomic mass is 32.2. The number of nitro groups is 1. The molecule has 0 aliphatic carbocycles. The molecule has 0 radical (unpaired) electrons. The molecule has 0 unspecified atom stereocenters. The smallest absolute Gasteiger partial charge is 0.338 e. The van der Waals surface area contributed by atoms with Crippen molar-refractivity contribution in [1.29, 1.82) is 0 Å². The SMILES string of the molecule is CSc1ccc(C(=O)OCC(=O)c2cccc(N3CCCC3=O)c2)cc1[N+](=O)[O-]. The Bertz CT molecular complexity index is 991. The molecule has 1 amide bonds. The van der Waals surface area contributed by atoms with Crippen LogP contribution in [0.25, 0.3) is 0 Å². The number of nitrogens with zero attached hydrogens (tertiary/aromatic N) is 2. The molecular weight excluding hydrogens is 396 g/mol. The number of amides is 1. The zero-order valence-corrected chi connectivity index (χ0v) is 16.4. The molecule has 0 saturated carbocycles. The molecule has 0 N–H and O–H groups in total. The quantitative estimate of drug-likeness (QED) is 0.224. The highest BCUT2D eigenvalue weighted by Crippen LogP contribution is 2.28. The van der Waals surface area contributed by atoms with Gasteiger partial charge in [0.25, 0.3) is 5.69 Å². The summed E-state index contributed by atoms with van der Waals surface area (Å²) in [6.07, 6.45) is 2.95. The fourth-order valence-corrected chi connectivity index (χ4v) is 3.57. The maximum Gasteiger partial charge on any atom is 0.338 e. The summed E-state index contributed by atoms with van der Waals surface area (Å²) in [6, 6.07) is 10.6. The van der Waals surface area contributed by atoms with Gasteiger partial charge >= 0.3 is 5.97 Å². The van der Waals surface area contributed by atoms with E-state index in [0.717, 1.165) is 12.5 Å². The average molecular weight is 414 g/mol. The molecule has 0 aromatic heterocycles. The van der Waals surface area contributed by atoms with E-state index in [1.807, 2.05) is 0 Å². The Labute approximate surface area is 171 Å². The van der Waals surface area contributed by atoms with Gasteiger partial charge in [0.15, 0.2) is 12.4 Å². The predicted octanol–water partition coefficient (Wildman–Crippen LogP) is 3.48. The monoisotopic (exact) mass is 414 g/mol. The normalized spacial score (nSPS) is 13.4. The zero-order valence-electron chi connectivity index (χ0n) is 15.6. The molecule has 150 valence electrons. The molecule has 1 aliphatic rings. The number of nitro benzene ring substituents is 1. The number of carbonyl (C=O) groups excluding carboxylic acids is 3. The molecule has 1 fully saturated rings. The Morgan fingerprint density at radius 1 is 1.21 bits per heavy atom. The third-order valence-electron chi connectivity index (χ3n) is 4.50. The average Bonchev–Trinajstić information content (AvgIpc) is 3.17. The highest BCUT2D eigenvalue weighted by Gasteiger charge is 2.23. The lowest BCUT2D eigenvalue weighted by atomic mass is 10.1. The molecule has 9 heteroatoms. The third-order valence-corrected chi connectivity index (χ3v) is 5.28. The van der Waals surface area contributed by atoms with E-state index in [2.05, 4.69) is 0 Å². The maximum atomic E-state index is 12.4. The van der Waals surface area contributed by atoms with Gasteiger partial charge in [0.1, 0.15) is 0 Å². The summed E-state index contributed by atoms with van der Waals surface area (Å²) in [5.74, 6) is -1.24. The molecule has 2 aromatic rings. The van der Waals surface area contributed by atoms with Crippen LogP contribution >= 0.6 is 11.8 Å². The minimum Gasteiger partial charge on any atom is -0.454 e. The first-order chi connectivity index (χ1) is 13.9. The van der Waals surface area contributed by atoms with Crippen molar-refractivity contribution in [1.82, 2.24) is 0 Å². The van der Waals surface area contributed by atoms with E-state index in [1.54, 1.807) is 35.4 Å². The van der Waals surface area contributed by atoms with Crippen molar-refractivity contribution in [2.24, 2.45) is 0 Å². The first-order valence-corrected chi connectivity index (χ1v) is 10.1. The van der Waals surface area contributed by atoms with E-state index in [4.69, 9.17) is 4.74 Å². The van der Waals surface area contributed by atoms with Crippen molar-refractivity contribution < 1.29 is 24.0 Å². The van der Waals surface area contributed by atoms with Gasteiger partial charge in [-0.3, -0.25) is 19.7 Å². The lowest BCUT2D eigenvalue weighted by Gasteiger charge is -2.16. The lowest BCUT2D eigenvalue weighted by molar-refractivity contribution is -0.387. The van der Waals surface area contributed by atoms with E-state index in [0.29, 0.717) is 29.1 Å². The third kappa shape index (κ3) is 4.62. The number of anilines is 1. The van der Waals surface area contributed by atoms with Crippen LogP contribution in [0.15, 0.2) is 47.4 Å². The van der Waals surface area contributed by atoms with Crippen molar-refractivity contribution >= 4 is 40.8 Å². The van der Waals surface area contributed by atoms with Gasteiger partial charge in [-0.05, 0) is 36.9 Å². The Morgan fingerprint density at radius 2 is 2.00 bits per heavy atom. The molecule has 3 rings (SSSR count). The van der Waals surface area contributed by atoms with Crippen molar-refractivity contribution in [2.45, 2.75) is 17.7 Å². The Hall–Kier alpha value is -3.20. The molecule has 29 heavy (non-hydrogen) atoms. The number of rotatable bonds is 7. The molecular formula is C20H18N2O6S. The van der Waals surface area contributed by atoms with Gasteiger partial charge in [0.2, 0.25) is 5.91 Å². The summed E-state index contributed by atoms with van der Waals surface area (Å²) in [5.41, 5.74) is 0.756. The Balaban J connectivity index is 1.68. The second-order valence-corrected chi connectivity index (χ2v) is 7.19. The summed E-state index contributed by atoms with van der Waals surface area (Å²) in [4.78, 5) is 49.1. The van der Waals surface area contributed by atoms with Crippen LogP contribution in [0.5, 0.6) is 0 Å². The summed E-state index contributed by atoms with van der Waals surface area (Å²) in [6.45, 7) is 0.102. The molecule has 8 nitrogen and oxygen atoms in total. The molecule has 1 saturated heterocycles. The molecule has 1 aliphatic heterocycles. The molecule has 0 spiro atoms. The van der Waals surface area contributed by atoms with Crippen LogP contribution in [0, 0.1) is 10.1 Å². The van der Waals surface area contributed by atoms with E-state index in [9.17, 15) is 24.5 Å². The first-order valence-electron chi connectivity index (χ1n) is 8.84. The molecule has 0 atom stereocenters. The second-order valence-electron chi connectivity index (χ2n) is 6.34. The van der Waals surface area contributed by atoms with Gasteiger partial charge < -0.3 is 9.64 Å².